The van der Waals surface area contributed by atoms with Crippen LogP contribution in [-0.2, 0) is 30.7 Å². The van der Waals surface area contributed by atoms with Gasteiger partial charge in [0.05, 0.1) is 43.4 Å². The van der Waals surface area contributed by atoms with Crippen LogP contribution in [0.3, 0.4) is 0 Å². The number of sulfonamides is 1. The molecule has 2 fully saturated rings. The number of methoxy groups -OCH3 is 1. The largest absolute Gasteiger partial charge is 0.465 e. The third-order valence-corrected chi connectivity index (χ3v) is 10.7. The molecule has 14 heteroatoms. The van der Waals surface area contributed by atoms with Crippen LogP contribution in [-0.4, -0.2) is 112 Å². The van der Waals surface area contributed by atoms with Crippen molar-refractivity contribution in [2.45, 2.75) is 68.9 Å². The number of carbonyl (C=O) groups excluding carboxylic acids is 1. The highest BCUT2D eigenvalue weighted by molar-refractivity contribution is 7.89. The van der Waals surface area contributed by atoms with E-state index in [9.17, 15) is 28.2 Å². The maximum Gasteiger partial charge on any atom is 0.407 e. The number of nitrogens with one attached hydrogen (secondary N) is 2. The van der Waals surface area contributed by atoms with E-state index in [1.165, 1.54) is 28.4 Å². The lowest BCUT2D eigenvalue weighted by Crippen LogP contribution is -2.58. The Balaban J connectivity index is 1.67. The van der Waals surface area contributed by atoms with E-state index in [-0.39, 0.29) is 36.9 Å². The van der Waals surface area contributed by atoms with Gasteiger partial charge in [0.1, 0.15) is 0 Å². The Bertz CT molecular complexity index is 1440. The number of carbonyl (C=O) groups is 2. The molecule has 4 rings (SSSR count). The molecule has 4 N–H and O–H groups in total. The number of nitrogens with zero attached hydrogens (tertiary/aromatic N) is 2. The van der Waals surface area contributed by atoms with Crippen LogP contribution >= 0.6 is 0 Å². The van der Waals surface area contributed by atoms with Crippen LogP contribution in [0.1, 0.15) is 38.7 Å². The highest BCUT2D eigenvalue weighted by Gasteiger charge is 2.49. The lowest BCUT2D eigenvalue weighted by Gasteiger charge is -2.40. The molecule has 5 atom stereocenters. The van der Waals surface area contributed by atoms with Gasteiger partial charge in [-0.3, -0.25) is 4.90 Å². The number of hydrogen-bond donors (Lipinski definition) is 4. The molecule has 0 radical (unpaired) electrons. The normalized spacial score (nSPS) is 20.8. The Morgan fingerprint density at radius 1 is 1.13 bits per heavy atom. The monoisotopic (exact) mass is 676 g/mol. The number of aliphatic hydroxyl groups excluding tert-OH is 1. The summed E-state index contributed by atoms with van der Waals surface area (Å²) in [6.45, 7) is 4.44. The van der Waals surface area contributed by atoms with Gasteiger partial charge in [-0.2, -0.15) is 4.31 Å². The second kappa shape index (κ2) is 16.1. The van der Waals surface area contributed by atoms with Crippen LogP contribution in [0.5, 0.6) is 0 Å². The summed E-state index contributed by atoms with van der Waals surface area (Å²) >= 11 is 0. The van der Waals surface area contributed by atoms with Crippen molar-refractivity contribution in [1.29, 1.82) is 0 Å². The Labute approximate surface area is 277 Å². The van der Waals surface area contributed by atoms with Crippen molar-refractivity contribution in [3.05, 3.63) is 60.2 Å². The fourth-order valence-corrected chi connectivity index (χ4v) is 8.15. The zero-order chi connectivity index (χ0) is 34.2. The van der Waals surface area contributed by atoms with E-state index in [0.29, 0.717) is 38.1 Å². The first-order chi connectivity index (χ1) is 22.4. The molecule has 260 valence electrons. The molecule has 47 heavy (non-hydrogen) atoms. The summed E-state index contributed by atoms with van der Waals surface area (Å²) in [5.74, 6) is -0.196. The van der Waals surface area contributed by atoms with Gasteiger partial charge in [0.25, 0.3) is 0 Å². The zero-order valence-electron chi connectivity index (χ0n) is 27.5. The Morgan fingerprint density at radius 2 is 1.87 bits per heavy atom. The lowest BCUT2D eigenvalue weighted by molar-refractivity contribution is -0.0906. The van der Waals surface area contributed by atoms with E-state index in [1.807, 2.05) is 44.2 Å². The summed E-state index contributed by atoms with van der Waals surface area (Å²) in [4.78, 5) is 25.8. The molecule has 2 aromatic carbocycles. The molecule has 2 heterocycles. The first-order valence-corrected chi connectivity index (χ1v) is 17.4. The number of alkyl carbamates (subject to hydrolysis) is 1. The first-order valence-electron chi connectivity index (χ1n) is 15.9. The van der Waals surface area contributed by atoms with Gasteiger partial charge in [-0.1, -0.05) is 50.2 Å². The first kappa shape index (κ1) is 36.4. The molecule has 0 saturated carbocycles. The highest BCUT2D eigenvalue weighted by Crippen LogP contribution is 2.36. The molecule has 2 amide bonds. The van der Waals surface area contributed by atoms with E-state index in [0.717, 1.165) is 5.56 Å². The minimum absolute atomic E-state index is 0.0323. The number of anilines is 1. The van der Waals surface area contributed by atoms with E-state index in [4.69, 9.17) is 9.47 Å². The third kappa shape index (κ3) is 9.35. The smallest absolute Gasteiger partial charge is 0.407 e. The van der Waals surface area contributed by atoms with Crippen molar-refractivity contribution in [2.75, 3.05) is 52.3 Å². The summed E-state index contributed by atoms with van der Waals surface area (Å²) in [7, 11) is -1.18. The van der Waals surface area contributed by atoms with E-state index < -0.39 is 52.1 Å². The summed E-state index contributed by atoms with van der Waals surface area (Å²) in [5, 5.41) is 28.2. The number of amides is 2. The van der Waals surface area contributed by atoms with E-state index in [1.54, 1.807) is 19.2 Å². The van der Waals surface area contributed by atoms with Crippen LogP contribution in [0.4, 0.5) is 15.3 Å². The van der Waals surface area contributed by atoms with Gasteiger partial charge in [0.15, 0.2) is 6.29 Å². The number of benzene rings is 2. The SMILES string of the molecule is CNc1cccc(S(=O)(=O)N(C[C@@H](O)[C@H](Cc2ccccc2)N(C(=O)O)[C@H]2CO[C@H]3OCC[C@H]32)CC(C)(C)CCCNC(=O)OC)c1. The van der Waals surface area contributed by atoms with Crippen molar-refractivity contribution >= 4 is 27.9 Å². The van der Waals surface area contributed by atoms with Crippen molar-refractivity contribution < 1.29 is 42.4 Å². The van der Waals surface area contributed by atoms with E-state index in [2.05, 4.69) is 15.4 Å². The van der Waals surface area contributed by atoms with Crippen LogP contribution in [0.2, 0.25) is 0 Å². The van der Waals surface area contributed by atoms with Gasteiger partial charge < -0.3 is 35.1 Å². The molecule has 0 unspecified atom stereocenters. The number of rotatable bonds is 16. The summed E-state index contributed by atoms with van der Waals surface area (Å²) in [5.41, 5.74) is 0.823. The second-order valence-corrected chi connectivity index (χ2v) is 14.8. The van der Waals surface area contributed by atoms with Gasteiger partial charge in [0.2, 0.25) is 10.0 Å². The van der Waals surface area contributed by atoms with Gasteiger partial charge in [0, 0.05) is 38.3 Å². The second-order valence-electron chi connectivity index (χ2n) is 12.9. The van der Waals surface area contributed by atoms with Crippen molar-refractivity contribution in [3.63, 3.8) is 0 Å². The fourth-order valence-electron chi connectivity index (χ4n) is 6.46. The lowest BCUT2D eigenvalue weighted by atomic mass is 9.87. The molecule has 0 aliphatic carbocycles. The van der Waals surface area contributed by atoms with Crippen LogP contribution in [0.15, 0.2) is 59.5 Å². The van der Waals surface area contributed by atoms with Crippen LogP contribution in [0.25, 0.3) is 0 Å². The molecule has 2 aliphatic rings. The van der Waals surface area contributed by atoms with Crippen molar-refractivity contribution in [1.82, 2.24) is 14.5 Å². The average Bonchev–Trinajstić information content (AvgIpc) is 3.68. The van der Waals surface area contributed by atoms with Gasteiger partial charge in [-0.15, -0.1) is 0 Å². The van der Waals surface area contributed by atoms with Crippen LogP contribution in [0, 0.1) is 11.3 Å². The number of fused-ring (bicyclic) bond motifs is 1. The summed E-state index contributed by atoms with van der Waals surface area (Å²) in [6, 6.07) is 14.1. The molecule has 2 saturated heterocycles. The minimum Gasteiger partial charge on any atom is -0.465 e. The summed E-state index contributed by atoms with van der Waals surface area (Å²) in [6.07, 6.45) is -1.79. The van der Waals surface area contributed by atoms with Crippen molar-refractivity contribution in [2.24, 2.45) is 11.3 Å². The number of ether oxygens (including phenoxy) is 3. The van der Waals surface area contributed by atoms with Crippen molar-refractivity contribution in [3.8, 4) is 0 Å². The number of aliphatic hydroxyl groups is 1. The number of hydrogen-bond acceptors (Lipinski definition) is 9. The Hall–Kier alpha value is -3.43. The molecule has 0 bridgehead atoms. The van der Waals surface area contributed by atoms with Gasteiger partial charge >= 0.3 is 12.2 Å². The topological polar surface area (TPSA) is 167 Å². The molecule has 0 spiro atoms. The predicted molar refractivity (Wildman–Crippen MR) is 176 cm³/mol. The Morgan fingerprint density at radius 3 is 2.55 bits per heavy atom. The molecular weight excluding hydrogens is 628 g/mol. The molecule has 13 nitrogen and oxygen atoms in total. The fraction of sp³-hybridized carbons (Fsp3) is 0.576. The highest BCUT2D eigenvalue weighted by atomic mass is 32.2. The Kier molecular flexibility index (Phi) is 12.5. The minimum atomic E-state index is -4.16. The number of carboxylic acid groups (broad SMARTS) is 1. The maximum absolute atomic E-state index is 14.3. The standard InChI is InChI=1S/C33H48N4O9S/c1-33(2,15-9-16-35-31(39)44-4)22-36(47(42,43)25-13-8-12-24(19-25)34-3)20-29(38)27(18-23-10-6-5-7-11-23)37(32(40)41)28-21-46-30-26(28)14-17-45-30/h5-8,10-13,19,26-30,34,38H,9,14-18,20-22H2,1-4H3,(H,35,39)(H,40,41)/t26-,27-,28-,29+,30+/m0/s1. The zero-order valence-corrected chi connectivity index (χ0v) is 28.3. The van der Waals surface area contributed by atoms with Crippen LogP contribution < -0.4 is 10.6 Å². The van der Waals surface area contributed by atoms with Gasteiger partial charge in [-0.25, -0.2) is 18.0 Å². The third-order valence-electron chi connectivity index (χ3n) is 8.92. The molecule has 2 aliphatic heterocycles. The predicted octanol–water partition coefficient (Wildman–Crippen LogP) is 3.60. The molecule has 0 aromatic heterocycles. The molecular formula is C33H48N4O9S. The van der Waals surface area contributed by atoms with Gasteiger partial charge in [-0.05, 0) is 54.9 Å². The van der Waals surface area contributed by atoms with E-state index >= 15 is 0 Å². The quantitative estimate of drug-likeness (QED) is 0.193. The average molecular weight is 677 g/mol. The summed E-state index contributed by atoms with van der Waals surface area (Å²) < 4.78 is 46.0. The maximum atomic E-state index is 14.3. The molecule has 2 aromatic rings.